The van der Waals surface area contributed by atoms with E-state index in [-0.39, 0.29) is 22.5 Å². The highest BCUT2D eigenvalue weighted by Crippen LogP contribution is 2.27. The minimum absolute atomic E-state index is 0.00901. The maximum absolute atomic E-state index is 12.9. The zero-order valence-electron chi connectivity index (χ0n) is 18.8. The van der Waals surface area contributed by atoms with Crippen molar-refractivity contribution in [1.82, 2.24) is 19.4 Å². The number of aryl methyl sites for hydroxylation is 1. The molecule has 1 aliphatic rings. The van der Waals surface area contributed by atoms with Crippen LogP contribution in [0.2, 0.25) is 0 Å². The van der Waals surface area contributed by atoms with Crippen LogP contribution < -0.4 is 5.14 Å². The molecule has 0 spiro atoms. The van der Waals surface area contributed by atoms with E-state index in [9.17, 15) is 18.0 Å². The monoisotopic (exact) mass is 505 g/mol. The third-order valence-electron chi connectivity index (χ3n) is 5.72. The summed E-state index contributed by atoms with van der Waals surface area (Å²) in [4.78, 5) is 33.3. The molecule has 0 bridgehead atoms. The van der Waals surface area contributed by atoms with Crippen LogP contribution >= 0.6 is 11.8 Å². The highest BCUT2D eigenvalue weighted by Gasteiger charge is 2.26. The third-order valence-corrected chi connectivity index (χ3v) is 7.60. The number of nitrogens with zero attached hydrogens (tertiary/aromatic N) is 4. The van der Waals surface area contributed by atoms with Crippen LogP contribution in [0.1, 0.15) is 30.3 Å². The molecule has 0 unspecified atom stereocenters. The first kappa shape index (κ1) is 24.3. The van der Waals surface area contributed by atoms with Gasteiger partial charge in [0.25, 0.3) is 5.91 Å². The maximum atomic E-state index is 12.9. The number of primary sulfonamides is 1. The molecular formula is C22H27N5O5S2. The number of piperazine rings is 1. The van der Waals surface area contributed by atoms with Crippen molar-refractivity contribution in [3.63, 3.8) is 0 Å². The van der Waals surface area contributed by atoms with Gasteiger partial charge in [0.05, 0.1) is 27.9 Å². The molecule has 182 valence electrons. The summed E-state index contributed by atoms with van der Waals surface area (Å²) in [5.41, 5.74) is 1.34. The predicted molar refractivity (Wildman–Crippen MR) is 128 cm³/mol. The number of hydrogen-bond donors (Lipinski definition) is 1. The van der Waals surface area contributed by atoms with Crippen molar-refractivity contribution < 1.29 is 22.4 Å². The number of carbonyl (C=O) groups is 2. The normalized spacial score (nSPS) is 14.6. The Morgan fingerprint density at radius 3 is 2.53 bits per heavy atom. The van der Waals surface area contributed by atoms with Crippen LogP contribution in [0.15, 0.2) is 51.1 Å². The molecular weight excluding hydrogens is 478 g/mol. The van der Waals surface area contributed by atoms with Gasteiger partial charge in [0.2, 0.25) is 15.9 Å². The number of unbranched alkanes of at least 4 members (excludes halogenated alkanes) is 1. The number of imidazole rings is 1. The molecule has 2 aromatic heterocycles. The number of rotatable bonds is 8. The van der Waals surface area contributed by atoms with E-state index >= 15 is 0 Å². The van der Waals surface area contributed by atoms with Crippen LogP contribution in [0.4, 0.5) is 0 Å². The number of aromatic nitrogens is 2. The smallest absolute Gasteiger partial charge is 0.289 e. The molecule has 10 nitrogen and oxygen atoms in total. The Morgan fingerprint density at radius 2 is 1.88 bits per heavy atom. The van der Waals surface area contributed by atoms with E-state index in [4.69, 9.17) is 9.56 Å². The molecule has 34 heavy (non-hydrogen) atoms. The Labute approximate surface area is 202 Å². The van der Waals surface area contributed by atoms with Crippen molar-refractivity contribution in [1.29, 1.82) is 0 Å². The fourth-order valence-electron chi connectivity index (χ4n) is 3.84. The van der Waals surface area contributed by atoms with Crippen LogP contribution in [-0.4, -0.2) is 71.5 Å². The molecule has 4 rings (SSSR count). The van der Waals surface area contributed by atoms with Gasteiger partial charge in [-0.1, -0.05) is 25.1 Å². The van der Waals surface area contributed by atoms with Gasteiger partial charge in [-0.25, -0.2) is 18.5 Å². The van der Waals surface area contributed by atoms with E-state index in [0.717, 1.165) is 18.4 Å². The summed E-state index contributed by atoms with van der Waals surface area (Å²) in [6.45, 7) is 4.60. The minimum atomic E-state index is -3.83. The summed E-state index contributed by atoms with van der Waals surface area (Å²) in [6, 6.07) is 7.96. The summed E-state index contributed by atoms with van der Waals surface area (Å²) in [7, 11) is -3.83. The number of thioether (sulfide) groups is 1. The Hall–Kier alpha value is -2.83. The van der Waals surface area contributed by atoms with Gasteiger partial charge in [-0.2, -0.15) is 0 Å². The van der Waals surface area contributed by atoms with Gasteiger partial charge in [0.1, 0.15) is 0 Å². The van der Waals surface area contributed by atoms with Gasteiger partial charge in [-0.3, -0.25) is 9.59 Å². The van der Waals surface area contributed by atoms with E-state index in [1.807, 2.05) is 4.57 Å². The van der Waals surface area contributed by atoms with Gasteiger partial charge >= 0.3 is 0 Å². The van der Waals surface area contributed by atoms with E-state index in [0.29, 0.717) is 49.2 Å². The fourth-order valence-corrected chi connectivity index (χ4v) is 5.32. The van der Waals surface area contributed by atoms with Crippen molar-refractivity contribution in [3.05, 3.63) is 42.4 Å². The molecule has 1 aliphatic heterocycles. The van der Waals surface area contributed by atoms with Gasteiger partial charge in [0.15, 0.2) is 10.9 Å². The van der Waals surface area contributed by atoms with E-state index in [1.54, 1.807) is 28.0 Å². The number of nitrogens with two attached hydrogens (primary N) is 1. The highest BCUT2D eigenvalue weighted by atomic mass is 32.2. The summed E-state index contributed by atoms with van der Waals surface area (Å²) in [6.07, 6.45) is 3.38. The lowest BCUT2D eigenvalue weighted by Crippen LogP contribution is -2.51. The second kappa shape index (κ2) is 10.2. The lowest BCUT2D eigenvalue weighted by molar-refractivity contribution is -0.129. The van der Waals surface area contributed by atoms with E-state index in [1.165, 1.54) is 30.2 Å². The van der Waals surface area contributed by atoms with E-state index in [2.05, 4.69) is 11.9 Å². The van der Waals surface area contributed by atoms with Gasteiger partial charge in [0, 0.05) is 32.7 Å². The fraction of sp³-hybridized carbons (Fsp3) is 0.409. The van der Waals surface area contributed by atoms with E-state index < -0.39 is 10.0 Å². The molecule has 0 radical (unpaired) electrons. The molecule has 2 N–H and O–H groups in total. The Morgan fingerprint density at radius 1 is 1.15 bits per heavy atom. The number of hydrogen-bond acceptors (Lipinski definition) is 7. The molecule has 3 heterocycles. The van der Waals surface area contributed by atoms with Crippen LogP contribution in [0.25, 0.3) is 11.0 Å². The second-order valence-corrected chi connectivity index (χ2v) is 10.5. The first-order chi connectivity index (χ1) is 16.3. The zero-order chi connectivity index (χ0) is 24.3. The van der Waals surface area contributed by atoms with Gasteiger partial charge in [-0.15, -0.1) is 0 Å². The Bertz CT molecular complexity index is 1280. The Kier molecular flexibility index (Phi) is 7.29. The summed E-state index contributed by atoms with van der Waals surface area (Å²) in [5, 5.41) is 5.92. The SMILES string of the molecule is CCCCn1c(SCC(=O)N2CCN(C(=O)c3ccco3)CC2)nc2cc(S(N)(=O)=O)ccc21. The Balaban J connectivity index is 1.42. The molecule has 1 saturated heterocycles. The average molecular weight is 506 g/mol. The van der Waals surface area contributed by atoms with Crippen LogP contribution in [0, 0.1) is 0 Å². The molecule has 1 fully saturated rings. The van der Waals surface area contributed by atoms with Crippen molar-refractivity contribution in [2.24, 2.45) is 5.14 Å². The van der Waals surface area contributed by atoms with Crippen LogP contribution in [0.5, 0.6) is 0 Å². The first-order valence-electron chi connectivity index (χ1n) is 11.0. The van der Waals surface area contributed by atoms with Gasteiger partial charge in [-0.05, 0) is 36.8 Å². The maximum Gasteiger partial charge on any atom is 0.289 e. The van der Waals surface area contributed by atoms with Crippen molar-refractivity contribution >= 4 is 44.6 Å². The number of amides is 2. The molecule has 0 aliphatic carbocycles. The summed E-state index contributed by atoms with van der Waals surface area (Å²) >= 11 is 1.33. The largest absolute Gasteiger partial charge is 0.459 e. The van der Waals surface area contributed by atoms with Crippen molar-refractivity contribution in [3.8, 4) is 0 Å². The zero-order valence-corrected chi connectivity index (χ0v) is 20.5. The number of benzene rings is 1. The van der Waals surface area contributed by atoms with Crippen molar-refractivity contribution in [2.75, 3.05) is 31.9 Å². The molecule has 1 aromatic carbocycles. The van der Waals surface area contributed by atoms with Crippen molar-refractivity contribution in [2.45, 2.75) is 36.4 Å². The molecule has 0 saturated carbocycles. The second-order valence-electron chi connectivity index (χ2n) is 8.03. The average Bonchev–Trinajstić information content (AvgIpc) is 3.48. The van der Waals surface area contributed by atoms with Crippen LogP contribution in [-0.2, 0) is 21.4 Å². The lowest BCUT2D eigenvalue weighted by Gasteiger charge is -2.34. The molecule has 3 aromatic rings. The molecule has 0 atom stereocenters. The van der Waals surface area contributed by atoms with Gasteiger partial charge < -0.3 is 18.8 Å². The first-order valence-corrected chi connectivity index (χ1v) is 13.6. The summed E-state index contributed by atoms with van der Waals surface area (Å²) < 4.78 is 30.6. The highest BCUT2D eigenvalue weighted by molar-refractivity contribution is 7.99. The third kappa shape index (κ3) is 5.29. The lowest BCUT2D eigenvalue weighted by atomic mass is 10.3. The minimum Gasteiger partial charge on any atom is -0.459 e. The number of fused-ring (bicyclic) bond motifs is 1. The molecule has 2 amide bonds. The number of carbonyl (C=O) groups excluding carboxylic acids is 2. The molecule has 12 heteroatoms. The number of sulfonamides is 1. The number of furan rings is 1. The topological polar surface area (TPSA) is 132 Å². The standard InChI is InChI=1S/C22H27N5O5S2/c1-2-3-8-27-18-7-6-16(34(23,30)31)14-17(18)24-22(27)33-15-20(28)25-9-11-26(12-10-25)21(29)19-5-4-13-32-19/h4-7,13-14H,2-3,8-12,15H2,1H3,(H2,23,30,31). The van der Waals surface area contributed by atoms with Crippen LogP contribution in [0.3, 0.4) is 0 Å². The summed E-state index contributed by atoms with van der Waals surface area (Å²) in [5.74, 6) is 0.292. The quantitative estimate of drug-likeness (QED) is 0.464. The predicted octanol–water partition coefficient (Wildman–Crippen LogP) is 2.15.